The lowest BCUT2D eigenvalue weighted by molar-refractivity contribution is -0.119. The summed E-state index contributed by atoms with van der Waals surface area (Å²) < 4.78 is 6.30. The minimum absolute atomic E-state index is 0.0205. The van der Waals surface area contributed by atoms with Crippen LogP contribution < -0.4 is 15.0 Å². The third-order valence-corrected chi connectivity index (χ3v) is 6.59. The van der Waals surface area contributed by atoms with Crippen molar-refractivity contribution in [3.63, 3.8) is 0 Å². The van der Waals surface area contributed by atoms with Gasteiger partial charge in [0.15, 0.2) is 5.78 Å². The zero-order valence-corrected chi connectivity index (χ0v) is 20.3. The molecule has 0 unspecified atom stereocenters. The number of hydrogen-bond donors (Lipinski definition) is 1. The summed E-state index contributed by atoms with van der Waals surface area (Å²) in [5, 5.41) is 3.55. The molecule has 1 amide bonds. The minimum atomic E-state index is -0.549. The van der Waals surface area contributed by atoms with Crippen LogP contribution in [0.3, 0.4) is 0 Å². The topological polar surface area (TPSA) is 58.6 Å². The maximum atomic E-state index is 13.7. The Morgan fingerprint density at radius 3 is 2.55 bits per heavy atom. The highest BCUT2D eigenvalue weighted by Crippen LogP contribution is 2.49. The van der Waals surface area contributed by atoms with Crippen LogP contribution in [-0.2, 0) is 9.59 Å². The van der Waals surface area contributed by atoms with Crippen LogP contribution in [0.5, 0.6) is 5.75 Å². The average Bonchev–Trinajstić information content (AvgIpc) is 2.92. The van der Waals surface area contributed by atoms with Gasteiger partial charge in [0, 0.05) is 29.7 Å². The predicted molar refractivity (Wildman–Crippen MR) is 132 cm³/mol. The van der Waals surface area contributed by atoms with Gasteiger partial charge in [0.25, 0.3) is 0 Å². The Hall–Kier alpha value is -3.08. The van der Waals surface area contributed by atoms with Gasteiger partial charge in [0.05, 0.1) is 23.5 Å². The summed E-state index contributed by atoms with van der Waals surface area (Å²) in [5.74, 6) is 0.771. The smallest absolute Gasteiger partial charge is 0.227 e. The van der Waals surface area contributed by atoms with Crippen molar-refractivity contribution < 1.29 is 14.3 Å². The Bertz CT molecular complexity index is 1100. The summed E-state index contributed by atoms with van der Waals surface area (Å²) in [7, 11) is 0. The molecule has 2 aromatic rings. The summed E-state index contributed by atoms with van der Waals surface area (Å²) in [6, 6.07) is 15.1. The molecule has 0 spiro atoms. The first-order valence-corrected chi connectivity index (χ1v) is 12.0. The number of hydrogen-bond acceptors (Lipinski definition) is 4. The summed E-state index contributed by atoms with van der Waals surface area (Å²) in [4.78, 5) is 29.0. The third-order valence-electron chi connectivity index (χ3n) is 6.59. The van der Waals surface area contributed by atoms with Crippen molar-refractivity contribution in [2.45, 2.75) is 72.4 Å². The molecule has 2 atom stereocenters. The number of benzene rings is 2. The first-order chi connectivity index (χ1) is 15.8. The van der Waals surface area contributed by atoms with E-state index in [1.165, 1.54) is 0 Å². The SMILES string of the molecule is CCC(=O)N1c2ccccc2NC2=C(C(=O)CC(C)(C)C2)[C@@H]1c1ccccc1O[C@H](C)CC. The monoisotopic (exact) mass is 446 g/mol. The quantitative estimate of drug-likeness (QED) is 0.576. The van der Waals surface area contributed by atoms with E-state index >= 15 is 0 Å². The predicted octanol–water partition coefficient (Wildman–Crippen LogP) is 6.42. The number of nitrogens with one attached hydrogen (secondary N) is 1. The highest BCUT2D eigenvalue weighted by molar-refractivity contribution is 6.06. The van der Waals surface area contributed by atoms with Crippen molar-refractivity contribution in [1.29, 1.82) is 0 Å². The van der Waals surface area contributed by atoms with Gasteiger partial charge in [-0.3, -0.25) is 14.5 Å². The van der Waals surface area contributed by atoms with E-state index in [0.29, 0.717) is 18.4 Å². The number of allylic oxidation sites excluding steroid dienone is 1. The normalized spacial score (nSPS) is 20.3. The number of carbonyl (C=O) groups excluding carboxylic acids is 2. The number of Topliss-reactive ketones (excluding diaryl/α,β-unsaturated/α-hetero) is 1. The summed E-state index contributed by atoms with van der Waals surface area (Å²) in [6.45, 7) is 10.2. The number of nitrogens with zero attached hydrogens (tertiary/aromatic N) is 1. The maximum absolute atomic E-state index is 13.7. The Labute approximate surface area is 196 Å². The fraction of sp³-hybridized carbons (Fsp3) is 0.429. The van der Waals surface area contributed by atoms with E-state index < -0.39 is 6.04 Å². The van der Waals surface area contributed by atoms with Crippen molar-refractivity contribution in [2.24, 2.45) is 5.41 Å². The first kappa shape index (κ1) is 23.1. The number of carbonyl (C=O) groups is 2. The van der Waals surface area contributed by atoms with Crippen molar-refractivity contribution in [1.82, 2.24) is 0 Å². The Morgan fingerprint density at radius 1 is 1.12 bits per heavy atom. The molecule has 2 aliphatic rings. The molecule has 1 heterocycles. The van der Waals surface area contributed by atoms with Gasteiger partial charge in [-0.05, 0) is 43.4 Å². The second kappa shape index (κ2) is 9.05. The highest BCUT2D eigenvalue weighted by Gasteiger charge is 2.43. The van der Waals surface area contributed by atoms with Gasteiger partial charge >= 0.3 is 0 Å². The molecule has 1 N–H and O–H groups in total. The Kier molecular flexibility index (Phi) is 6.33. The standard InChI is InChI=1S/C28H34N2O3/c1-6-18(3)33-24-15-11-8-12-19(24)27-26-21(16-28(4,5)17-23(26)31)29-20-13-9-10-14-22(20)30(27)25(32)7-2/h8-15,18,27,29H,6-7,16-17H2,1-5H3/t18-,27+/m1/s1. The van der Waals surface area contributed by atoms with E-state index in [-0.39, 0.29) is 23.2 Å². The van der Waals surface area contributed by atoms with Crippen molar-refractivity contribution in [3.05, 3.63) is 65.4 Å². The second-order valence-corrected chi connectivity index (χ2v) is 9.87. The zero-order valence-electron chi connectivity index (χ0n) is 20.3. The molecular formula is C28H34N2O3. The molecule has 0 radical (unpaired) electrons. The van der Waals surface area contributed by atoms with Gasteiger partial charge in [0.1, 0.15) is 5.75 Å². The van der Waals surface area contributed by atoms with Crippen molar-refractivity contribution >= 4 is 23.1 Å². The summed E-state index contributed by atoms with van der Waals surface area (Å²) >= 11 is 0. The van der Waals surface area contributed by atoms with Crippen molar-refractivity contribution in [2.75, 3.05) is 10.2 Å². The molecule has 174 valence electrons. The molecular weight excluding hydrogens is 412 g/mol. The average molecular weight is 447 g/mol. The van der Waals surface area contributed by atoms with Gasteiger partial charge in [0.2, 0.25) is 5.91 Å². The van der Waals surface area contributed by atoms with Crippen LogP contribution in [0, 0.1) is 5.41 Å². The van der Waals surface area contributed by atoms with Gasteiger partial charge in [-0.15, -0.1) is 0 Å². The molecule has 4 rings (SSSR count). The zero-order chi connectivity index (χ0) is 23.8. The number of anilines is 2. The third kappa shape index (κ3) is 4.41. The van der Waals surface area contributed by atoms with Crippen LogP contribution in [0.2, 0.25) is 0 Å². The van der Waals surface area contributed by atoms with Gasteiger partial charge in [-0.1, -0.05) is 58.0 Å². The molecule has 2 aromatic carbocycles. The molecule has 0 bridgehead atoms. The molecule has 1 aliphatic carbocycles. The fourth-order valence-corrected chi connectivity index (χ4v) is 4.84. The molecule has 0 saturated carbocycles. The van der Waals surface area contributed by atoms with E-state index in [1.807, 2.05) is 62.4 Å². The molecule has 0 aromatic heterocycles. The Morgan fingerprint density at radius 2 is 1.82 bits per heavy atom. The van der Waals surface area contributed by atoms with Crippen LogP contribution >= 0.6 is 0 Å². The van der Waals surface area contributed by atoms with E-state index in [9.17, 15) is 9.59 Å². The van der Waals surface area contributed by atoms with Gasteiger partial charge in [-0.2, -0.15) is 0 Å². The molecule has 0 fully saturated rings. The summed E-state index contributed by atoms with van der Waals surface area (Å²) in [5.41, 5.74) is 3.90. The van der Waals surface area contributed by atoms with Gasteiger partial charge in [-0.25, -0.2) is 0 Å². The van der Waals surface area contributed by atoms with Crippen LogP contribution in [-0.4, -0.2) is 17.8 Å². The first-order valence-electron chi connectivity index (χ1n) is 12.0. The number of rotatable bonds is 5. The molecule has 0 saturated heterocycles. The van der Waals surface area contributed by atoms with E-state index in [0.717, 1.165) is 41.2 Å². The fourth-order valence-electron chi connectivity index (χ4n) is 4.84. The van der Waals surface area contributed by atoms with E-state index in [4.69, 9.17) is 4.74 Å². The Balaban J connectivity index is 2.00. The lowest BCUT2D eigenvalue weighted by atomic mass is 9.73. The number of amides is 1. The second-order valence-electron chi connectivity index (χ2n) is 9.87. The largest absolute Gasteiger partial charge is 0.490 e. The minimum Gasteiger partial charge on any atom is -0.490 e. The number of fused-ring (bicyclic) bond motifs is 1. The highest BCUT2D eigenvalue weighted by atomic mass is 16.5. The lowest BCUT2D eigenvalue weighted by Crippen LogP contribution is -2.39. The van der Waals surface area contributed by atoms with Gasteiger partial charge < -0.3 is 10.1 Å². The van der Waals surface area contributed by atoms with Crippen LogP contribution in [0.1, 0.15) is 71.9 Å². The summed E-state index contributed by atoms with van der Waals surface area (Å²) in [6.07, 6.45) is 2.40. The van der Waals surface area contributed by atoms with E-state index in [1.54, 1.807) is 4.90 Å². The number of ether oxygens (including phenoxy) is 1. The number of ketones is 1. The van der Waals surface area contributed by atoms with Crippen LogP contribution in [0.15, 0.2) is 59.8 Å². The molecule has 1 aliphatic heterocycles. The maximum Gasteiger partial charge on any atom is 0.227 e. The van der Waals surface area contributed by atoms with Crippen LogP contribution in [0.25, 0.3) is 0 Å². The number of para-hydroxylation sites is 3. The molecule has 5 heteroatoms. The molecule has 33 heavy (non-hydrogen) atoms. The van der Waals surface area contributed by atoms with Crippen molar-refractivity contribution in [3.8, 4) is 5.75 Å². The molecule has 5 nitrogen and oxygen atoms in total. The van der Waals surface area contributed by atoms with Crippen LogP contribution in [0.4, 0.5) is 11.4 Å². The van der Waals surface area contributed by atoms with E-state index in [2.05, 4.69) is 26.1 Å². The lowest BCUT2D eigenvalue weighted by Gasteiger charge is -2.37.